The number of imidazole rings is 1. The Morgan fingerprint density at radius 3 is 2.69 bits per heavy atom. The molecule has 1 aliphatic heterocycles. The third-order valence-corrected chi connectivity index (χ3v) is 6.27. The summed E-state index contributed by atoms with van der Waals surface area (Å²) in [7, 11) is 0. The monoisotopic (exact) mass is 433 g/mol. The molecule has 0 aliphatic carbocycles. The third kappa shape index (κ3) is 4.66. The highest BCUT2D eigenvalue weighted by molar-refractivity contribution is 7.15. The van der Waals surface area contributed by atoms with Gasteiger partial charge < -0.3 is 9.47 Å². The van der Waals surface area contributed by atoms with Crippen LogP contribution in [0.2, 0.25) is 4.47 Å². The molecule has 29 heavy (non-hydrogen) atoms. The van der Waals surface area contributed by atoms with E-state index in [9.17, 15) is 9.18 Å². The topological polar surface area (TPSA) is 54.3 Å². The van der Waals surface area contributed by atoms with Crippen LogP contribution in [0.5, 0.6) is 0 Å². The summed E-state index contributed by atoms with van der Waals surface area (Å²) < 4.78 is 15.8. The molecule has 1 saturated heterocycles. The maximum absolute atomic E-state index is 13.2. The van der Waals surface area contributed by atoms with Crippen molar-refractivity contribution in [1.82, 2.24) is 24.3 Å². The van der Waals surface area contributed by atoms with Gasteiger partial charge in [-0.1, -0.05) is 23.7 Å². The van der Waals surface area contributed by atoms with Gasteiger partial charge in [0, 0.05) is 36.9 Å². The van der Waals surface area contributed by atoms with Crippen LogP contribution < -0.4 is 0 Å². The largest absolute Gasteiger partial charge is 0.335 e. The van der Waals surface area contributed by atoms with Crippen LogP contribution in [0.4, 0.5) is 4.39 Å². The van der Waals surface area contributed by atoms with E-state index in [0.717, 1.165) is 22.7 Å². The minimum Gasteiger partial charge on any atom is -0.335 e. The molecule has 3 heterocycles. The van der Waals surface area contributed by atoms with E-state index in [2.05, 4.69) is 26.4 Å². The maximum atomic E-state index is 13.2. The second-order valence-electron chi connectivity index (χ2n) is 7.13. The predicted molar refractivity (Wildman–Crippen MR) is 110 cm³/mol. The quantitative estimate of drug-likeness (QED) is 0.596. The Bertz CT molecular complexity index is 989. The third-order valence-electron chi connectivity index (χ3n) is 5.17. The van der Waals surface area contributed by atoms with Crippen LogP contribution in [0.1, 0.15) is 29.1 Å². The molecule has 0 N–H and O–H groups in total. The lowest BCUT2D eigenvalue weighted by molar-refractivity contribution is -0.136. The number of hydrogen-bond acceptors (Lipinski definition) is 5. The molecule has 0 unspecified atom stereocenters. The second-order valence-corrected chi connectivity index (χ2v) is 8.82. The average molecular weight is 434 g/mol. The molecule has 1 aromatic carbocycles. The lowest BCUT2D eigenvalue weighted by Gasteiger charge is -2.34. The van der Waals surface area contributed by atoms with Gasteiger partial charge in [-0.3, -0.25) is 9.69 Å². The molecule has 0 bridgehead atoms. The zero-order chi connectivity index (χ0) is 20.4. The SMILES string of the molecule is C[C@H](c1ccc(F)cc1)n1cncc1CN1CCN(Cc2cnc(Cl)s2)C(=O)C1. The summed E-state index contributed by atoms with van der Waals surface area (Å²) in [6.07, 6.45) is 5.34. The highest BCUT2D eigenvalue weighted by Crippen LogP contribution is 2.23. The number of nitrogens with zero attached hydrogens (tertiary/aromatic N) is 5. The lowest BCUT2D eigenvalue weighted by atomic mass is 10.1. The first-order valence-electron chi connectivity index (χ1n) is 9.36. The van der Waals surface area contributed by atoms with Gasteiger partial charge in [0.05, 0.1) is 31.2 Å². The highest BCUT2D eigenvalue weighted by Gasteiger charge is 2.25. The molecule has 0 radical (unpaired) electrons. The van der Waals surface area contributed by atoms with Crippen LogP contribution >= 0.6 is 22.9 Å². The van der Waals surface area contributed by atoms with Crippen LogP contribution in [0.15, 0.2) is 43.0 Å². The van der Waals surface area contributed by atoms with Crippen molar-refractivity contribution in [3.63, 3.8) is 0 Å². The molecular weight excluding hydrogens is 413 g/mol. The molecule has 2 aromatic heterocycles. The Morgan fingerprint density at radius 2 is 2.00 bits per heavy atom. The van der Waals surface area contributed by atoms with E-state index >= 15 is 0 Å². The number of carbonyl (C=O) groups is 1. The lowest BCUT2D eigenvalue weighted by Crippen LogP contribution is -2.49. The first-order valence-corrected chi connectivity index (χ1v) is 10.6. The highest BCUT2D eigenvalue weighted by atomic mass is 35.5. The van der Waals surface area contributed by atoms with Gasteiger partial charge in [-0.2, -0.15) is 0 Å². The van der Waals surface area contributed by atoms with Crippen LogP contribution in [0.3, 0.4) is 0 Å². The van der Waals surface area contributed by atoms with E-state index < -0.39 is 0 Å². The minimum atomic E-state index is -0.246. The molecule has 1 aliphatic rings. The summed E-state index contributed by atoms with van der Waals surface area (Å²) in [6, 6.07) is 6.55. The van der Waals surface area contributed by atoms with Crippen molar-refractivity contribution in [3.8, 4) is 0 Å². The first-order chi connectivity index (χ1) is 14.0. The van der Waals surface area contributed by atoms with Gasteiger partial charge in [0.25, 0.3) is 0 Å². The Balaban J connectivity index is 1.39. The Hall–Kier alpha value is -2.29. The van der Waals surface area contributed by atoms with E-state index in [0.29, 0.717) is 30.6 Å². The van der Waals surface area contributed by atoms with Crippen molar-refractivity contribution in [2.45, 2.75) is 26.1 Å². The van der Waals surface area contributed by atoms with E-state index in [-0.39, 0.29) is 17.8 Å². The van der Waals surface area contributed by atoms with E-state index in [1.54, 1.807) is 24.7 Å². The fourth-order valence-corrected chi connectivity index (χ4v) is 4.53. The van der Waals surface area contributed by atoms with Crippen molar-refractivity contribution in [3.05, 3.63) is 69.4 Å². The van der Waals surface area contributed by atoms with Crippen LogP contribution in [-0.4, -0.2) is 49.9 Å². The minimum absolute atomic E-state index is 0.0289. The fraction of sp³-hybridized carbons (Fsp3) is 0.350. The average Bonchev–Trinajstić information content (AvgIpc) is 3.33. The Morgan fingerprint density at radius 1 is 1.21 bits per heavy atom. The zero-order valence-corrected chi connectivity index (χ0v) is 17.5. The number of thiazole rings is 1. The molecule has 3 aromatic rings. The number of rotatable bonds is 6. The fourth-order valence-electron chi connectivity index (χ4n) is 3.54. The number of benzene rings is 1. The van der Waals surface area contributed by atoms with Gasteiger partial charge in [-0.05, 0) is 24.6 Å². The summed E-state index contributed by atoms with van der Waals surface area (Å²) in [5.41, 5.74) is 2.03. The number of amides is 1. The number of aromatic nitrogens is 3. The van der Waals surface area contributed by atoms with Crippen LogP contribution in [-0.2, 0) is 17.9 Å². The molecule has 1 atom stereocenters. The molecular formula is C20H21ClFN5OS. The van der Waals surface area contributed by atoms with Crippen molar-refractivity contribution in [1.29, 1.82) is 0 Å². The summed E-state index contributed by atoms with van der Waals surface area (Å²) >= 11 is 7.28. The second kappa shape index (κ2) is 8.61. The Kier molecular flexibility index (Phi) is 5.94. The van der Waals surface area contributed by atoms with Crippen LogP contribution in [0, 0.1) is 5.82 Å². The van der Waals surface area contributed by atoms with Crippen molar-refractivity contribution < 1.29 is 9.18 Å². The smallest absolute Gasteiger partial charge is 0.237 e. The molecule has 9 heteroatoms. The van der Waals surface area contributed by atoms with Gasteiger partial charge >= 0.3 is 0 Å². The molecule has 6 nitrogen and oxygen atoms in total. The van der Waals surface area contributed by atoms with Gasteiger partial charge in [-0.25, -0.2) is 14.4 Å². The Labute approximate surface area is 177 Å². The summed E-state index contributed by atoms with van der Waals surface area (Å²) in [5, 5.41) is 0. The van der Waals surface area contributed by atoms with E-state index in [4.69, 9.17) is 11.6 Å². The predicted octanol–water partition coefficient (Wildman–Crippen LogP) is 3.59. The number of piperazine rings is 1. The van der Waals surface area contributed by atoms with Gasteiger partial charge in [0.1, 0.15) is 5.82 Å². The van der Waals surface area contributed by atoms with Gasteiger partial charge in [-0.15, -0.1) is 11.3 Å². The standard InChI is InChI=1S/C20H21ClFN5OS/c1-14(15-2-4-16(22)5-3-15)27-13-23-8-17(27)10-25-6-7-26(19(28)12-25)11-18-9-24-20(21)29-18/h2-5,8-9,13-14H,6-7,10-12H2,1H3/t14-/m1/s1. The first kappa shape index (κ1) is 20.0. The van der Waals surface area contributed by atoms with E-state index in [1.807, 2.05) is 11.1 Å². The number of hydrogen-bond donors (Lipinski definition) is 0. The summed E-state index contributed by atoms with van der Waals surface area (Å²) in [4.78, 5) is 25.9. The van der Waals surface area contributed by atoms with Crippen molar-refractivity contribution >= 4 is 28.8 Å². The number of carbonyl (C=O) groups excluding carboxylic acids is 1. The normalized spacial score (nSPS) is 16.4. The molecule has 4 rings (SSSR count). The van der Waals surface area contributed by atoms with E-state index in [1.165, 1.54) is 23.5 Å². The number of halogens is 2. The molecule has 0 saturated carbocycles. The summed E-state index contributed by atoms with van der Waals surface area (Å²) in [6.45, 7) is 5.06. The molecule has 0 spiro atoms. The summed E-state index contributed by atoms with van der Waals surface area (Å²) in [5.74, 6) is -0.151. The maximum Gasteiger partial charge on any atom is 0.237 e. The molecule has 1 amide bonds. The van der Waals surface area contributed by atoms with Crippen LogP contribution in [0.25, 0.3) is 0 Å². The van der Waals surface area contributed by atoms with Gasteiger partial charge in [0.2, 0.25) is 5.91 Å². The van der Waals surface area contributed by atoms with Crippen molar-refractivity contribution in [2.75, 3.05) is 19.6 Å². The van der Waals surface area contributed by atoms with Gasteiger partial charge in [0.15, 0.2) is 4.47 Å². The molecule has 152 valence electrons. The zero-order valence-electron chi connectivity index (χ0n) is 16.0. The van der Waals surface area contributed by atoms with Crippen molar-refractivity contribution in [2.24, 2.45) is 0 Å². The molecule has 1 fully saturated rings.